The van der Waals surface area contributed by atoms with Gasteiger partial charge in [0.15, 0.2) is 0 Å². The molecule has 2 heterocycles. The van der Waals surface area contributed by atoms with Gasteiger partial charge in [-0.05, 0) is 23.0 Å². The van der Waals surface area contributed by atoms with Gasteiger partial charge in [0.2, 0.25) is 12.2 Å². The maximum absolute atomic E-state index is 10.9. The van der Waals surface area contributed by atoms with Crippen LogP contribution in [-0.4, -0.2) is 15.5 Å². The summed E-state index contributed by atoms with van der Waals surface area (Å²) in [5.41, 5.74) is 7.03. The number of nitrogens with zero attached hydrogens (tertiary/aromatic N) is 3. The van der Waals surface area contributed by atoms with E-state index in [9.17, 15) is 4.79 Å². The van der Waals surface area contributed by atoms with Crippen LogP contribution in [0.2, 0.25) is 0 Å². The Morgan fingerprint density at radius 2 is 2.35 bits per heavy atom. The number of amides is 1. The average molecular weight is 233 g/mol. The summed E-state index contributed by atoms with van der Waals surface area (Å²) in [5, 5.41) is 0. The van der Waals surface area contributed by atoms with E-state index in [0.717, 1.165) is 17.7 Å². The molecule has 0 fully saturated rings. The number of fused-ring (bicyclic) bond motifs is 1. The normalized spacial score (nSPS) is 11.2. The number of rotatable bonds is 4. The van der Waals surface area contributed by atoms with Gasteiger partial charge in [-0.25, -0.2) is 4.57 Å². The summed E-state index contributed by atoms with van der Waals surface area (Å²) in [4.78, 5) is 15.3. The van der Waals surface area contributed by atoms with E-state index < -0.39 is 0 Å². The summed E-state index contributed by atoms with van der Waals surface area (Å²) in [6, 6.07) is 3.91. The molecule has 0 aliphatic rings. The zero-order chi connectivity index (χ0) is 12.4. The molecule has 0 aromatic carbocycles. The first-order valence-electron chi connectivity index (χ1n) is 5.69. The lowest BCUT2D eigenvalue weighted by molar-refractivity contribution is -0.678. The van der Waals surface area contributed by atoms with Gasteiger partial charge in [-0.3, -0.25) is 9.36 Å². The van der Waals surface area contributed by atoms with Crippen LogP contribution in [0.15, 0.2) is 24.7 Å². The molecular weight excluding hydrogens is 216 g/mol. The molecule has 90 valence electrons. The third kappa shape index (κ3) is 2.43. The van der Waals surface area contributed by atoms with E-state index in [0.29, 0.717) is 5.92 Å². The molecule has 2 N–H and O–H groups in total. The molecule has 17 heavy (non-hydrogen) atoms. The molecule has 0 aliphatic heterocycles. The summed E-state index contributed by atoms with van der Waals surface area (Å²) >= 11 is 0. The largest absolute Gasteiger partial charge is 0.368 e. The Bertz CT molecular complexity index is 544. The maximum atomic E-state index is 10.9. The zero-order valence-corrected chi connectivity index (χ0v) is 10.1. The third-order valence-electron chi connectivity index (χ3n) is 2.54. The lowest BCUT2D eigenvalue weighted by atomic mass is 10.2. The number of hydrogen-bond donors (Lipinski definition) is 1. The smallest absolute Gasteiger partial charge is 0.348 e. The molecule has 2 aromatic heterocycles. The Morgan fingerprint density at radius 1 is 1.59 bits per heavy atom. The summed E-state index contributed by atoms with van der Waals surface area (Å²) in [5.74, 6) is 0.190. The number of carbonyl (C=O) groups is 1. The molecule has 2 rings (SSSR count). The summed E-state index contributed by atoms with van der Waals surface area (Å²) in [6.07, 6.45) is 3.66. The fourth-order valence-corrected chi connectivity index (χ4v) is 1.92. The van der Waals surface area contributed by atoms with Crippen molar-refractivity contribution in [2.24, 2.45) is 11.7 Å². The molecule has 0 bridgehead atoms. The van der Waals surface area contributed by atoms with Crippen molar-refractivity contribution < 1.29 is 9.36 Å². The van der Waals surface area contributed by atoms with Crippen LogP contribution in [-0.2, 0) is 17.9 Å². The van der Waals surface area contributed by atoms with E-state index >= 15 is 0 Å². The molecule has 0 saturated heterocycles. The van der Waals surface area contributed by atoms with Gasteiger partial charge in [0.25, 0.3) is 0 Å². The average Bonchev–Trinajstić information content (AvgIpc) is 2.61. The van der Waals surface area contributed by atoms with Gasteiger partial charge < -0.3 is 5.73 Å². The first kappa shape index (κ1) is 11.6. The topological polar surface area (TPSA) is 64.8 Å². The van der Waals surface area contributed by atoms with Gasteiger partial charge in [0, 0.05) is 0 Å². The summed E-state index contributed by atoms with van der Waals surface area (Å²) in [7, 11) is 0. The Hall–Kier alpha value is -1.91. The van der Waals surface area contributed by atoms with Gasteiger partial charge in [0.1, 0.15) is 12.1 Å². The minimum Gasteiger partial charge on any atom is -0.368 e. The van der Waals surface area contributed by atoms with E-state index in [1.165, 1.54) is 0 Å². The minimum atomic E-state index is -0.358. The number of pyridine rings is 1. The van der Waals surface area contributed by atoms with Crippen molar-refractivity contribution in [2.75, 3.05) is 0 Å². The number of primary amides is 1. The Labute approximate surface area is 99.9 Å². The molecule has 1 amide bonds. The van der Waals surface area contributed by atoms with Crippen molar-refractivity contribution in [2.45, 2.75) is 26.9 Å². The SMILES string of the molecule is CC(C)C[n+]1cccc2c1ncn2CC(N)=O. The Balaban J connectivity index is 2.45. The second kappa shape index (κ2) is 4.53. The highest BCUT2D eigenvalue weighted by molar-refractivity contribution is 5.76. The van der Waals surface area contributed by atoms with Crippen molar-refractivity contribution in [3.05, 3.63) is 24.7 Å². The van der Waals surface area contributed by atoms with Gasteiger partial charge in [-0.1, -0.05) is 13.8 Å². The van der Waals surface area contributed by atoms with E-state index in [-0.39, 0.29) is 12.5 Å². The summed E-state index contributed by atoms with van der Waals surface area (Å²) in [6.45, 7) is 5.39. The number of imidazole rings is 1. The van der Waals surface area contributed by atoms with Crippen molar-refractivity contribution in [1.82, 2.24) is 9.55 Å². The second-order valence-electron chi connectivity index (χ2n) is 4.60. The molecule has 0 spiro atoms. The molecular formula is C12H17N4O+. The van der Waals surface area contributed by atoms with Gasteiger partial charge in [-0.2, -0.15) is 0 Å². The highest BCUT2D eigenvalue weighted by Crippen LogP contribution is 2.08. The van der Waals surface area contributed by atoms with Gasteiger partial charge in [-0.15, -0.1) is 0 Å². The van der Waals surface area contributed by atoms with Crippen LogP contribution in [0.3, 0.4) is 0 Å². The van der Waals surface area contributed by atoms with Crippen molar-refractivity contribution in [3.63, 3.8) is 0 Å². The van der Waals surface area contributed by atoms with Gasteiger partial charge >= 0.3 is 5.65 Å². The fraction of sp³-hybridized carbons (Fsp3) is 0.417. The second-order valence-corrected chi connectivity index (χ2v) is 4.60. The van der Waals surface area contributed by atoms with Crippen molar-refractivity contribution in [3.8, 4) is 0 Å². The molecule has 0 radical (unpaired) electrons. The first-order valence-corrected chi connectivity index (χ1v) is 5.69. The Kier molecular flexibility index (Phi) is 3.08. The van der Waals surface area contributed by atoms with Crippen LogP contribution in [0.1, 0.15) is 13.8 Å². The molecule has 5 heteroatoms. The first-order chi connectivity index (χ1) is 8.08. The predicted octanol–water partition coefficient (Wildman–Crippen LogP) is 0.465. The van der Waals surface area contributed by atoms with Crippen molar-refractivity contribution >= 4 is 17.1 Å². The number of carbonyl (C=O) groups excluding carboxylic acids is 1. The lowest BCUT2D eigenvalue weighted by Crippen LogP contribution is -2.36. The minimum absolute atomic E-state index is 0.169. The van der Waals surface area contributed by atoms with E-state index in [1.807, 2.05) is 18.3 Å². The highest BCUT2D eigenvalue weighted by Gasteiger charge is 2.15. The number of hydrogen-bond acceptors (Lipinski definition) is 2. The van der Waals surface area contributed by atoms with E-state index in [4.69, 9.17) is 5.73 Å². The number of aromatic nitrogens is 3. The van der Waals surface area contributed by atoms with Crippen LogP contribution in [0.25, 0.3) is 11.2 Å². The highest BCUT2D eigenvalue weighted by atomic mass is 16.1. The van der Waals surface area contributed by atoms with Crippen LogP contribution in [0.5, 0.6) is 0 Å². The molecule has 0 saturated carbocycles. The fourth-order valence-electron chi connectivity index (χ4n) is 1.92. The molecule has 2 aromatic rings. The standard InChI is InChI=1S/C12H16N4O/c1-9(2)6-15-5-3-4-10-12(15)14-8-16(10)7-11(13)17/h3-5,8-9H,6-7H2,1-2H3,(H-,13,17)/p+1. The predicted molar refractivity (Wildman–Crippen MR) is 64.0 cm³/mol. The quantitative estimate of drug-likeness (QED) is 0.780. The zero-order valence-electron chi connectivity index (χ0n) is 10.1. The lowest BCUT2D eigenvalue weighted by Gasteiger charge is -2.03. The third-order valence-corrected chi connectivity index (χ3v) is 2.54. The van der Waals surface area contributed by atoms with Crippen LogP contribution < -0.4 is 10.3 Å². The number of nitrogens with two attached hydrogens (primary N) is 1. The summed E-state index contributed by atoms with van der Waals surface area (Å²) < 4.78 is 3.87. The van der Waals surface area contributed by atoms with Crippen LogP contribution >= 0.6 is 0 Å². The molecule has 0 atom stereocenters. The van der Waals surface area contributed by atoms with E-state index in [2.05, 4.69) is 23.4 Å². The van der Waals surface area contributed by atoms with E-state index in [1.54, 1.807) is 10.9 Å². The maximum Gasteiger partial charge on any atom is 0.348 e. The molecule has 5 nitrogen and oxygen atoms in total. The molecule has 0 unspecified atom stereocenters. The van der Waals surface area contributed by atoms with Crippen molar-refractivity contribution in [1.29, 1.82) is 0 Å². The van der Waals surface area contributed by atoms with Gasteiger partial charge in [0.05, 0.1) is 12.7 Å². The van der Waals surface area contributed by atoms with Crippen LogP contribution in [0.4, 0.5) is 0 Å². The monoisotopic (exact) mass is 233 g/mol. The Morgan fingerprint density at radius 3 is 3.00 bits per heavy atom. The molecule has 0 aliphatic carbocycles. The van der Waals surface area contributed by atoms with Crippen LogP contribution in [0, 0.1) is 5.92 Å².